The molecule has 2 aromatic rings. The Hall–Kier alpha value is -3.85. The normalized spacial score (nSPS) is 11.5. The summed E-state index contributed by atoms with van der Waals surface area (Å²) in [5, 5.41) is 17.0. The number of methoxy groups -OCH3 is 1. The van der Waals surface area contributed by atoms with Crippen LogP contribution in [0.3, 0.4) is 0 Å². The molecule has 9 heteroatoms. The van der Waals surface area contributed by atoms with Crippen molar-refractivity contribution in [2.24, 2.45) is 0 Å². The second kappa shape index (κ2) is 14.3. The molecule has 2 amide bonds. The summed E-state index contributed by atoms with van der Waals surface area (Å²) in [7, 11) is 1.53. The highest BCUT2D eigenvalue weighted by atomic mass is 16.5. The topological polar surface area (TPSA) is 126 Å². The molecule has 0 saturated carbocycles. The van der Waals surface area contributed by atoms with Gasteiger partial charge in [-0.1, -0.05) is 30.3 Å². The summed E-state index contributed by atoms with van der Waals surface area (Å²) in [6.07, 6.45) is 2.45. The van der Waals surface area contributed by atoms with Crippen LogP contribution in [0.15, 0.2) is 60.7 Å². The minimum Gasteiger partial charge on any atom is -0.494 e. The molecule has 176 valence electrons. The van der Waals surface area contributed by atoms with Gasteiger partial charge in [0.05, 0.1) is 13.2 Å². The number of ether oxygens (including phenoxy) is 2. The number of nitrogens with one attached hydrogen (secondary N) is 3. The van der Waals surface area contributed by atoms with Crippen LogP contribution in [-0.4, -0.2) is 55.9 Å². The van der Waals surface area contributed by atoms with E-state index in [0.717, 1.165) is 5.56 Å². The molecule has 4 N–H and O–H groups in total. The second-order valence-electron chi connectivity index (χ2n) is 6.98. The van der Waals surface area contributed by atoms with Crippen LogP contribution in [0, 0.1) is 0 Å². The zero-order valence-corrected chi connectivity index (χ0v) is 18.5. The molecular formula is C24H29N3O6. The molecule has 2 rings (SSSR count). The summed E-state index contributed by atoms with van der Waals surface area (Å²) in [5.41, 5.74) is 1.45. The number of carbonyl (C=O) groups excluding carboxylic acids is 2. The number of amides is 2. The first-order valence-electron chi connectivity index (χ1n) is 10.5. The van der Waals surface area contributed by atoms with E-state index in [1.807, 2.05) is 30.3 Å². The summed E-state index contributed by atoms with van der Waals surface area (Å²) in [6.45, 7) is 0.925. The van der Waals surface area contributed by atoms with Gasteiger partial charge in [-0.2, -0.15) is 0 Å². The SMILES string of the molecule is COCCNC(=O)C(NC(=O)C=Cc1ccccc1)Nc1ccc(OCCCC(=O)O)cc1. The highest BCUT2D eigenvalue weighted by Crippen LogP contribution is 2.16. The Balaban J connectivity index is 1.98. The third-order valence-electron chi connectivity index (χ3n) is 4.35. The summed E-state index contributed by atoms with van der Waals surface area (Å²) in [4.78, 5) is 35.5. The second-order valence-corrected chi connectivity index (χ2v) is 6.98. The lowest BCUT2D eigenvalue weighted by Gasteiger charge is -2.20. The predicted molar refractivity (Wildman–Crippen MR) is 125 cm³/mol. The van der Waals surface area contributed by atoms with Gasteiger partial charge in [-0.3, -0.25) is 14.4 Å². The number of carboxylic acid groups (broad SMARTS) is 1. The number of carboxylic acids is 1. The van der Waals surface area contributed by atoms with Crippen LogP contribution in [0.5, 0.6) is 5.75 Å². The molecular weight excluding hydrogens is 426 g/mol. The fourth-order valence-electron chi connectivity index (χ4n) is 2.70. The molecule has 0 bridgehead atoms. The van der Waals surface area contributed by atoms with Crippen molar-refractivity contribution < 1.29 is 29.0 Å². The highest BCUT2D eigenvalue weighted by molar-refractivity contribution is 5.96. The van der Waals surface area contributed by atoms with Crippen molar-refractivity contribution in [1.29, 1.82) is 0 Å². The van der Waals surface area contributed by atoms with E-state index >= 15 is 0 Å². The average molecular weight is 456 g/mol. The molecule has 0 aliphatic rings. The first-order chi connectivity index (χ1) is 16.0. The monoisotopic (exact) mass is 455 g/mol. The van der Waals surface area contributed by atoms with Gasteiger partial charge in [0.2, 0.25) is 5.91 Å². The van der Waals surface area contributed by atoms with E-state index in [9.17, 15) is 14.4 Å². The van der Waals surface area contributed by atoms with Crippen molar-refractivity contribution in [2.75, 3.05) is 32.2 Å². The van der Waals surface area contributed by atoms with Crippen molar-refractivity contribution in [1.82, 2.24) is 10.6 Å². The van der Waals surface area contributed by atoms with Crippen LogP contribution < -0.4 is 20.7 Å². The van der Waals surface area contributed by atoms with Crippen molar-refractivity contribution in [3.8, 4) is 5.75 Å². The average Bonchev–Trinajstić information content (AvgIpc) is 2.81. The predicted octanol–water partition coefficient (Wildman–Crippen LogP) is 2.26. The molecule has 0 spiro atoms. The number of aliphatic carboxylic acids is 1. The summed E-state index contributed by atoms with van der Waals surface area (Å²) in [5.74, 6) is -1.14. The Morgan fingerprint density at radius 1 is 1.03 bits per heavy atom. The lowest BCUT2D eigenvalue weighted by atomic mass is 10.2. The first-order valence-corrected chi connectivity index (χ1v) is 10.5. The Kier molecular flexibility index (Phi) is 11.0. The van der Waals surface area contributed by atoms with E-state index < -0.39 is 23.9 Å². The largest absolute Gasteiger partial charge is 0.494 e. The van der Waals surface area contributed by atoms with Crippen molar-refractivity contribution in [2.45, 2.75) is 19.0 Å². The number of benzene rings is 2. The lowest BCUT2D eigenvalue weighted by Crippen LogP contribution is -2.51. The van der Waals surface area contributed by atoms with E-state index in [-0.39, 0.29) is 13.0 Å². The molecule has 0 aromatic heterocycles. The molecule has 0 aliphatic heterocycles. The van der Waals surface area contributed by atoms with Gasteiger partial charge >= 0.3 is 5.97 Å². The van der Waals surface area contributed by atoms with Crippen LogP contribution in [0.1, 0.15) is 18.4 Å². The number of hydrogen-bond donors (Lipinski definition) is 4. The molecule has 0 heterocycles. The summed E-state index contributed by atoms with van der Waals surface area (Å²) >= 11 is 0. The molecule has 0 fully saturated rings. The van der Waals surface area contributed by atoms with Crippen molar-refractivity contribution in [3.05, 3.63) is 66.2 Å². The Morgan fingerprint density at radius 2 is 1.76 bits per heavy atom. The number of hydrogen-bond acceptors (Lipinski definition) is 6. The molecule has 0 saturated heterocycles. The maximum Gasteiger partial charge on any atom is 0.303 e. The van der Waals surface area contributed by atoms with Crippen molar-refractivity contribution in [3.63, 3.8) is 0 Å². The van der Waals surface area contributed by atoms with Crippen LogP contribution in [0.25, 0.3) is 6.08 Å². The van der Waals surface area contributed by atoms with Gasteiger partial charge < -0.3 is 30.5 Å². The minimum atomic E-state index is -1.02. The quantitative estimate of drug-likeness (QED) is 0.196. The van der Waals surface area contributed by atoms with Crippen molar-refractivity contribution >= 4 is 29.5 Å². The van der Waals surface area contributed by atoms with Gasteiger partial charge in [-0.05, 0) is 42.3 Å². The van der Waals surface area contributed by atoms with Crippen LogP contribution in [0.4, 0.5) is 5.69 Å². The molecule has 0 radical (unpaired) electrons. The number of rotatable bonds is 14. The van der Waals surface area contributed by atoms with Gasteiger partial charge in [0.1, 0.15) is 5.75 Å². The van der Waals surface area contributed by atoms with E-state index in [2.05, 4.69) is 16.0 Å². The zero-order chi connectivity index (χ0) is 23.9. The Bertz CT molecular complexity index is 916. The fraction of sp³-hybridized carbons (Fsp3) is 0.292. The third-order valence-corrected chi connectivity index (χ3v) is 4.35. The summed E-state index contributed by atoms with van der Waals surface area (Å²) in [6, 6.07) is 16.1. The number of anilines is 1. The van der Waals surface area contributed by atoms with Gasteiger partial charge in [0.25, 0.3) is 5.91 Å². The zero-order valence-electron chi connectivity index (χ0n) is 18.5. The van der Waals surface area contributed by atoms with Gasteiger partial charge in [-0.25, -0.2) is 0 Å². The Labute approximate surface area is 192 Å². The standard InChI is InChI=1S/C24H29N3O6/c1-32-17-15-25-24(31)23(27-21(28)14-9-18-6-3-2-4-7-18)26-19-10-12-20(13-11-19)33-16-5-8-22(29)30/h2-4,6-7,9-14,23,26H,5,8,15-17H2,1H3,(H,25,31)(H,27,28)(H,29,30). The first kappa shape index (κ1) is 25.4. The molecule has 33 heavy (non-hydrogen) atoms. The van der Waals surface area contributed by atoms with Crippen LogP contribution in [-0.2, 0) is 19.1 Å². The molecule has 2 aromatic carbocycles. The smallest absolute Gasteiger partial charge is 0.303 e. The number of carbonyl (C=O) groups is 3. The summed E-state index contributed by atoms with van der Waals surface area (Å²) < 4.78 is 10.5. The Morgan fingerprint density at radius 3 is 2.42 bits per heavy atom. The molecule has 1 atom stereocenters. The minimum absolute atomic E-state index is 0.0396. The lowest BCUT2D eigenvalue weighted by molar-refractivity contribution is -0.137. The van der Waals surface area contributed by atoms with E-state index in [1.54, 1.807) is 30.3 Å². The van der Waals surface area contributed by atoms with Crippen LogP contribution in [0.2, 0.25) is 0 Å². The van der Waals surface area contributed by atoms with Crippen LogP contribution >= 0.6 is 0 Å². The molecule has 0 aliphatic carbocycles. The van der Waals surface area contributed by atoms with E-state index in [1.165, 1.54) is 13.2 Å². The van der Waals surface area contributed by atoms with Gasteiger partial charge in [0, 0.05) is 31.8 Å². The fourth-order valence-corrected chi connectivity index (χ4v) is 2.70. The maximum absolute atomic E-state index is 12.6. The highest BCUT2D eigenvalue weighted by Gasteiger charge is 2.19. The van der Waals surface area contributed by atoms with E-state index in [0.29, 0.717) is 31.0 Å². The van der Waals surface area contributed by atoms with Gasteiger partial charge in [-0.15, -0.1) is 0 Å². The third kappa shape index (κ3) is 10.3. The van der Waals surface area contributed by atoms with Gasteiger partial charge in [0.15, 0.2) is 6.17 Å². The van der Waals surface area contributed by atoms with E-state index in [4.69, 9.17) is 14.6 Å². The molecule has 9 nitrogen and oxygen atoms in total. The maximum atomic E-state index is 12.6. The molecule has 1 unspecified atom stereocenters.